The quantitative estimate of drug-likeness (QED) is 0.506. The minimum Gasteiger partial charge on any atom is -0.481 e. The minimum absolute atomic E-state index is 0.285. The first-order valence-corrected chi connectivity index (χ1v) is 4.70. The van der Waals surface area contributed by atoms with Gasteiger partial charge in [0.25, 0.3) is 0 Å². The molecule has 0 aliphatic carbocycles. The van der Waals surface area contributed by atoms with E-state index in [0.29, 0.717) is 0 Å². The molecule has 1 N–H and O–H groups in total. The van der Waals surface area contributed by atoms with Crippen LogP contribution in [0.1, 0.15) is 39.5 Å². The first kappa shape index (κ1) is 11.9. The maximum atomic E-state index is 10.2. The zero-order valence-electron chi connectivity index (χ0n) is 8.42. The van der Waals surface area contributed by atoms with Crippen molar-refractivity contribution in [1.29, 1.82) is 0 Å². The van der Waals surface area contributed by atoms with Crippen LogP contribution in [0.25, 0.3) is 0 Å². The predicted molar refractivity (Wildman–Crippen MR) is 54.7 cm³/mol. The molecule has 0 spiro atoms. The van der Waals surface area contributed by atoms with E-state index in [-0.39, 0.29) is 6.42 Å². The number of hydrogen-bond acceptors (Lipinski definition) is 1. The second-order valence-corrected chi connectivity index (χ2v) is 2.96. The smallest absolute Gasteiger partial charge is 0.303 e. The second-order valence-electron chi connectivity index (χ2n) is 2.96. The summed E-state index contributed by atoms with van der Waals surface area (Å²) in [7, 11) is 0. The van der Waals surface area contributed by atoms with Crippen molar-refractivity contribution in [3.63, 3.8) is 0 Å². The van der Waals surface area contributed by atoms with Crippen molar-refractivity contribution in [2.45, 2.75) is 39.5 Å². The summed E-state index contributed by atoms with van der Waals surface area (Å²) in [6.45, 7) is 3.99. The van der Waals surface area contributed by atoms with E-state index in [1.807, 2.05) is 19.9 Å². The molecule has 0 saturated heterocycles. The number of carbonyl (C=O) groups is 1. The fourth-order valence-electron chi connectivity index (χ4n) is 1.14. The Morgan fingerprint density at radius 2 is 1.85 bits per heavy atom. The molecular weight excluding hydrogens is 164 g/mol. The van der Waals surface area contributed by atoms with Crippen molar-refractivity contribution in [2.24, 2.45) is 0 Å². The van der Waals surface area contributed by atoms with E-state index in [4.69, 9.17) is 5.11 Å². The Morgan fingerprint density at radius 3 is 2.31 bits per heavy atom. The molecule has 0 aliphatic heterocycles. The summed E-state index contributed by atoms with van der Waals surface area (Å²) in [5.74, 6) is -0.701. The molecular formula is C11H18O2. The molecule has 13 heavy (non-hydrogen) atoms. The van der Waals surface area contributed by atoms with Gasteiger partial charge >= 0.3 is 5.97 Å². The average Bonchev–Trinajstić information content (AvgIpc) is 2.10. The van der Waals surface area contributed by atoms with Gasteiger partial charge in [-0.05, 0) is 33.1 Å². The first-order chi connectivity index (χ1) is 6.20. The number of unbranched alkanes of at least 4 members (excludes halogenated alkanes) is 1. The lowest BCUT2D eigenvalue weighted by atomic mass is 10.1. The van der Waals surface area contributed by atoms with Crippen molar-refractivity contribution >= 4 is 5.97 Å². The first-order valence-electron chi connectivity index (χ1n) is 4.70. The van der Waals surface area contributed by atoms with Gasteiger partial charge in [-0.2, -0.15) is 0 Å². The summed E-state index contributed by atoms with van der Waals surface area (Å²) in [6, 6.07) is 0. The molecule has 0 fully saturated rings. The van der Waals surface area contributed by atoms with Gasteiger partial charge in [-0.3, -0.25) is 4.79 Å². The van der Waals surface area contributed by atoms with E-state index in [0.717, 1.165) is 19.3 Å². The second kappa shape index (κ2) is 7.59. The fraction of sp³-hybridized carbons (Fsp3) is 0.545. The van der Waals surface area contributed by atoms with E-state index >= 15 is 0 Å². The summed E-state index contributed by atoms with van der Waals surface area (Å²) in [4.78, 5) is 10.2. The Hall–Kier alpha value is -1.05. The summed E-state index contributed by atoms with van der Waals surface area (Å²) in [5, 5.41) is 8.41. The third kappa shape index (κ3) is 7.32. The van der Waals surface area contributed by atoms with Gasteiger partial charge in [0.2, 0.25) is 0 Å². The van der Waals surface area contributed by atoms with Crippen molar-refractivity contribution < 1.29 is 9.90 Å². The molecule has 0 saturated carbocycles. The molecule has 0 aromatic rings. The Labute approximate surface area is 80.0 Å². The Balaban J connectivity index is 3.56. The largest absolute Gasteiger partial charge is 0.481 e. The molecule has 0 heterocycles. The lowest BCUT2D eigenvalue weighted by molar-refractivity contribution is -0.137. The van der Waals surface area contributed by atoms with Crippen LogP contribution in [0.4, 0.5) is 0 Å². The van der Waals surface area contributed by atoms with Crippen LogP contribution in [0.15, 0.2) is 23.8 Å². The van der Waals surface area contributed by atoms with Gasteiger partial charge in [-0.25, -0.2) is 0 Å². The van der Waals surface area contributed by atoms with Gasteiger partial charge in [-0.15, -0.1) is 0 Å². The Bertz CT molecular complexity index is 202. The Morgan fingerprint density at radius 1 is 1.23 bits per heavy atom. The van der Waals surface area contributed by atoms with Gasteiger partial charge in [0.05, 0.1) is 0 Å². The highest BCUT2D eigenvalue weighted by atomic mass is 16.4. The number of hydrogen-bond donors (Lipinski definition) is 1. The molecule has 74 valence electrons. The lowest BCUT2D eigenvalue weighted by Gasteiger charge is -1.99. The lowest BCUT2D eigenvalue weighted by Crippen LogP contribution is -1.93. The number of rotatable bonds is 6. The van der Waals surface area contributed by atoms with Crippen molar-refractivity contribution in [1.82, 2.24) is 0 Å². The van der Waals surface area contributed by atoms with Crippen LogP contribution in [-0.2, 0) is 4.79 Å². The van der Waals surface area contributed by atoms with E-state index in [1.54, 1.807) is 0 Å². The van der Waals surface area contributed by atoms with Crippen LogP contribution in [0.3, 0.4) is 0 Å². The summed E-state index contributed by atoms with van der Waals surface area (Å²) >= 11 is 0. The molecule has 0 aromatic carbocycles. The minimum atomic E-state index is -0.701. The molecule has 2 heteroatoms. The van der Waals surface area contributed by atoms with Crippen LogP contribution in [0.2, 0.25) is 0 Å². The van der Waals surface area contributed by atoms with E-state index in [2.05, 4.69) is 12.2 Å². The maximum Gasteiger partial charge on any atom is 0.303 e. The molecule has 0 amide bonds. The summed E-state index contributed by atoms with van der Waals surface area (Å²) < 4.78 is 0. The zero-order chi connectivity index (χ0) is 10.1. The SMILES string of the molecule is C/C=C\C(=C/C)CCCCC(=O)O. The van der Waals surface area contributed by atoms with Crippen LogP contribution >= 0.6 is 0 Å². The molecule has 2 nitrogen and oxygen atoms in total. The Kier molecular flexibility index (Phi) is 6.98. The van der Waals surface area contributed by atoms with Gasteiger partial charge in [-0.1, -0.05) is 23.8 Å². The highest BCUT2D eigenvalue weighted by Gasteiger charge is 1.97. The third-order valence-electron chi connectivity index (χ3n) is 1.86. The van der Waals surface area contributed by atoms with Crippen molar-refractivity contribution in [3.05, 3.63) is 23.8 Å². The monoisotopic (exact) mass is 182 g/mol. The van der Waals surface area contributed by atoms with Gasteiger partial charge in [0, 0.05) is 6.42 Å². The number of aliphatic carboxylic acids is 1. The fourth-order valence-corrected chi connectivity index (χ4v) is 1.14. The third-order valence-corrected chi connectivity index (χ3v) is 1.86. The molecule has 0 unspecified atom stereocenters. The van der Waals surface area contributed by atoms with Crippen molar-refractivity contribution in [2.75, 3.05) is 0 Å². The summed E-state index contributed by atoms with van der Waals surface area (Å²) in [5.41, 5.74) is 1.29. The van der Waals surface area contributed by atoms with E-state index in [1.165, 1.54) is 5.57 Å². The number of carboxylic acid groups (broad SMARTS) is 1. The van der Waals surface area contributed by atoms with Gasteiger partial charge in [0.1, 0.15) is 0 Å². The maximum absolute atomic E-state index is 10.2. The standard InChI is InChI=1S/C11H18O2/c1-3-7-10(4-2)8-5-6-9-11(12)13/h3-4,7H,5-6,8-9H2,1-2H3,(H,12,13)/b7-3-,10-4+. The molecule has 0 radical (unpaired) electrons. The number of carboxylic acids is 1. The van der Waals surface area contributed by atoms with Crippen LogP contribution in [0.5, 0.6) is 0 Å². The average molecular weight is 182 g/mol. The van der Waals surface area contributed by atoms with E-state index < -0.39 is 5.97 Å². The topological polar surface area (TPSA) is 37.3 Å². The van der Waals surface area contributed by atoms with Crippen LogP contribution in [-0.4, -0.2) is 11.1 Å². The van der Waals surface area contributed by atoms with Crippen LogP contribution < -0.4 is 0 Å². The highest BCUT2D eigenvalue weighted by Crippen LogP contribution is 2.10. The number of allylic oxidation sites excluding steroid dienone is 4. The van der Waals surface area contributed by atoms with Crippen molar-refractivity contribution in [3.8, 4) is 0 Å². The van der Waals surface area contributed by atoms with E-state index in [9.17, 15) is 4.79 Å². The predicted octanol–water partition coefficient (Wildman–Crippen LogP) is 3.15. The molecule has 0 rings (SSSR count). The highest BCUT2D eigenvalue weighted by molar-refractivity contribution is 5.66. The summed E-state index contributed by atoms with van der Waals surface area (Å²) in [6.07, 6.45) is 9.13. The molecule has 0 aromatic heterocycles. The molecule has 0 aliphatic rings. The molecule has 0 bridgehead atoms. The normalized spacial score (nSPS) is 12.3. The zero-order valence-corrected chi connectivity index (χ0v) is 8.42. The van der Waals surface area contributed by atoms with Gasteiger partial charge < -0.3 is 5.11 Å². The molecule has 0 atom stereocenters. The van der Waals surface area contributed by atoms with Gasteiger partial charge in [0.15, 0.2) is 0 Å². The van der Waals surface area contributed by atoms with Crippen LogP contribution in [0, 0.1) is 0 Å².